The summed E-state index contributed by atoms with van der Waals surface area (Å²) in [6.45, 7) is 3.58. The van der Waals surface area contributed by atoms with Crippen molar-refractivity contribution in [3.63, 3.8) is 0 Å². The van der Waals surface area contributed by atoms with Gasteiger partial charge in [-0.25, -0.2) is 4.79 Å². The highest BCUT2D eigenvalue weighted by molar-refractivity contribution is 5.71. The van der Waals surface area contributed by atoms with Crippen molar-refractivity contribution in [2.24, 2.45) is 5.92 Å². The highest BCUT2D eigenvalue weighted by atomic mass is 16.4. The average Bonchev–Trinajstić information content (AvgIpc) is 2.34. The molecule has 0 saturated heterocycles. The third-order valence-electron chi connectivity index (χ3n) is 1.66. The molecule has 3 N–H and O–H groups in total. The number of aromatic nitrogens is 3. The first-order valence-electron chi connectivity index (χ1n) is 3.92. The molecule has 1 aromatic rings. The fraction of sp³-hybridized carbons (Fsp3) is 0.571. The van der Waals surface area contributed by atoms with Crippen LogP contribution in [0.2, 0.25) is 0 Å². The number of hydrogen-bond donors (Lipinski definition) is 2. The summed E-state index contributed by atoms with van der Waals surface area (Å²) in [5.41, 5.74) is 5.33. The number of rotatable bonds is 3. The SMILES string of the molecule is CC(C)C(C(=O)O)n1ncc(N)n1. The number of aliphatic carboxylic acids is 1. The van der Waals surface area contributed by atoms with Gasteiger partial charge in [0.1, 0.15) is 0 Å². The van der Waals surface area contributed by atoms with E-state index in [1.54, 1.807) is 13.8 Å². The van der Waals surface area contributed by atoms with Crippen molar-refractivity contribution >= 4 is 11.8 Å². The first-order chi connectivity index (χ1) is 6.02. The van der Waals surface area contributed by atoms with Gasteiger partial charge in [0.15, 0.2) is 11.9 Å². The normalized spacial score (nSPS) is 13.2. The Kier molecular flexibility index (Phi) is 2.50. The van der Waals surface area contributed by atoms with E-state index in [-0.39, 0.29) is 11.7 Å². The van der Waals surface area contributed by atoms with Crippen LogP contribution in [0.4, 0.5) is 5.82 Å². The van der Waals surface area contributed by atoms with Crippen molar-refractivity contribution in [3.8, 4) is 0 Å². The minimum atomic E-state index is -0.953. The minimum absolute atomic E-state index is 0.0794. The molecule has 0 aliphatic heterocycles. The second-order valence-electron chi connectivity index (χ2n) is 3.12. The summed E-state index contributed by atoms with van der Waals surface area (Å²) in [5.74, 6) is -0.804. The van der Waals surface area contributed by atoms with Crippen LogP contribution < -0.4 is 5.73 Å². The van der Waals surface area contributed by atoms with E-state index in [1.165, 1.54) is 6.20 Å². The Morgan fingerprint density at radius 2 is 2.31 bits per heavy atom. The lowest BCUT2D eigenvalue weighted by Crippen LogP contribution is -2.26. The van der Waals surface area contributed by atoms with Gasteiger partial charge in [-0.05, 0) is 5.92 Å². The molecule has 6 heteroatoms. The van der Waals surface area contributed by atoms with Crippen molar-refractivity contribution in [2.45, 2.75) is 19.9 Å². The maximum atomic E-state index is 10.8. The minimum Gasteiger partial charge on any atom is -0.480 e. The van der Waals surface area contributed by atoms with Crippen molar-refractivity contribution in [1.82, 2.24) is 15.0 Å². The summed E-state index contributed by atoms with van der Waals surface area (Å²) in [7, 11) is 0. The quantitative estimate of drug-likeness (QED) is 0.696. The highest BCUT2D eigenvalue weighted by Gasteiger charge is 2.25. The maximum Gasteiger partial charge on any atom is 0.330 e. The molecule has 0 fully saturated rings. The zero-order valence-electron chi connectivity index (χ0n) is 7.51. The molecule has 1 unspecified atom stereocenters. The lowest BCUT2D eigenvalue weighted by Gasteiger charge is -2.14. The Hall–Kier alpha value is -1.59. The second-order valence-corrected chi connectivity index (χ2v) is 3.12. The molecular weight excluding hydrogens is 172 g/mol. The summed E-state index contributed by atoms with van der Waals surface area (Å²) in [5, 5.41) is 16.4. The lowest BCUT2D eigenvalue weighted by atomic mass is 10.1. The Labute approximate surface area is 75.3 Å². The van der Waals surface area contributed by atoms with Crippen LogP contribution in [0.3, 0.4) is 0 Å². The fourth-order valence-corrected chi connectivity index (χ4v) is 1.07. The molecule has 6 nitrogen and oxygen atoms in total. The maximum absolute atomic E-state index is 10.8. The molecule has 72 valence electrons. The number of carboxylic acid groups (broad SMARTS) is 1. The summed E-state index contributed by atoms with van der Waals surface area (Å²) < 4.78 is 0. The zero-order chi connectivity index (χ0) is 10.0. The molecule has 0 aliphatic rings. The van der Waals surface area contributed by atoms with Crippen molar-refractivity contribution in [2.75, 3.05) is 5.73 Å². The topological polar surface area (TPSA) is 94.0 Å². The molecule has 0 bridgehead atoms. The highest BCUT2D eigenvalue weighted by Crippen LogP contribution is 2.15. The third-order valence-corrected chi connectivity index (χ3v) is 1.66. The van der Waals surface area contributed by atoms with Crippen LogP contribution in [0.1, 0.15) is 19.9 Å². The molecule has 1 aromatic heterocycles. The Balaban J connectivity index is 2.95. The van der Waals surface area contributed by atoms with Gasteiger partial charge in [-0.15, -0.1) is 5.10 Å². The molecule has 13 heavy (non-hydrogen) atoms. The Morgan fingerprint density at radius 3 is 2.62 bits per heavy atom. The van der Waals surface area contributed by atoms with Crippen LogP contribution in [0.25, 0.3) is 0 Å². The zero-order valence-corrected chi connectivity index (χ0v) is 7.51. The van der Waals surface area contributed by atoms with Crippen LogP contribution in [-0.2, 0) is 4.79 Å². The Morgan fingerprint density at radius 1 is 1.69 bits per heavy atom. The van der Waals surface area contributed by atoms with Gasteiger partial charge in [-0.2, -0.15) is 9.90 Å². The third kappa shape index (κ3) is 1.95. The lowest BCUT2D eigenvalue weighted by molar-refractivity contribution is -0.143. The summed E-state index contributed by atoms with van der Waals surface area (Å²) in [4.78, 5) is 11.9. The van der Waals surface area contributed by atoms with Crippen LogP contribution in [0, 0.1) is 5.92 Å². The number of nitrogens with zero attached hydrogens (tertiary/aromatic N) is 3. The van der Waals surface area contributed by atoms with Gasteiger partial charge in [-0.3, -0.25) is 0 Å². The first-order valence-corrected chi connectivity index (χ1v) is 3.92. The van der Waals surface area contributed by atoms with Gasteiger partial charge < -0.3 is 10.8 Å². The van der Waals surface area contributed by atoms with E-state index < -0.39 is 12.0 Å². The van der Waals surface area contributed by atoms with E-state index >= 15 is 0 Å². The van der Waals surface area contributed by atoms with Crippen LogP contribution in [0.15, 0.2) is 6.20 Å². The van der Waals surface area contributed by atoms with Gasteiger partial charge in [0.25, 0.3) is 0 Å². The largest absolute Gasteiger partial charge is 0.480 e. The predicted octanol–water partition coefficient (Wildman–Crippen LogP) is 0.142. The van der Waals surface area contributed by atoms with Gasteiger partial charge in [0.2, 0.25) is 0 Å². The van der Waals surface area contributed by atoms with Gasteiger partial charge in [0.05, 0.1) is 6.20 Å². The van der Waals surface area contributed by atoms with Crippen LogP contribution in [-0.4, -0.2) is 26.1 Å². The molecule has 0 aromatic carbocycles. The number of nitrogens with two attached hydrogens (primary N) is 1. The molecular formula is C7H12N4O2. The number of carboxylic acids is 1. The van der Waals surface area contributed by atoms with Gasteiger partial charge in [0, 0.05) is 0 Å². The number of nitrogen functional groups attached to an aromatic ring is 1. The van der Waals surface area contributed by atoms with Crippen LogP contribution in [0.5, 0.6) is 0 Å². The van der Waals surface area contributed by atoms with Gasteiger partial charge >= 0.3 is 5.97 Å². The molecule has 1 rings (SSSR count). The average molecular weight is 184 g/mol. The molecule has 0 saturated carbocycles. The summed E-state index contributed by atoms with van der Waals surface area (Å²) in [6, 6.07) is -0.753. The predicted molar refractivity (Wildman–Crippen MR) is 45.9 cm³/mol. The van der Waals surface area contributed by atoms with E-state index in [4.69, 9.17) is 10.8 Å². The molecule has 1 atom stereocenters. The van der Waals surface area contributed by atoms with Gasteiger partial charge in [-0.1, -0.05) is 13.8 Å². The molecule has 0 spiro atoms. The molecule has 0 aliphatic carbocycles. The number of carbonyl (C=O) groups is 1. The molecule has 1 heterocycles. The van der Waals surface area contributed by atoms with E-state index in [1.807, 2.05) is 0 Å². The molecule has 0 amide bonds. The summed E-state index contributed by atoms with van der Waals surface area (Å²) in [6.07, 6.45) is 1.33. The van der Waals surface area contributed by atoms with Crippen molar-refractivity contribution in [1.29, 1.82) is 0 Å². The smallest absolute Gasteiger partial charge is 0.330 e. The molecule has 0 radical (unpaired) electrons. The Bertz CT molecular complexity index is 307. The van der Waals surface area contributed by atoms with Crippen molar-refractivity contribution in [3.05, 3.63) is 6.20 Å². The van der Waals surface area contributed by atoms with Crippen LogP contribution >= 0.6 is 0 Å². The fourth-order valence-electron chi connectivity index (χ4n) is 1.07. The van der Waals surface area contributed by atoms with E-state index in [2.05, 4.69) is 10.2 Å². The second kappa shape index (κ2) is 3.42. The number of anilines is 1. The first kappa shape index (κ1) is 9.50. The summed E-state index contributed by atoms with van der Waals surface area (Å²) >= 11 is 0. The van der Waals surface area contributed by atoms with E-state index in [0.717, 1.165) is 4.80 Å². The van der Waals surface area contributed by atoms with Crippen molar-refractivity contribution < 1.29 is 9.90 Å². The van der Waals surface area contributed by atoms with E-state index in [0.29, 0.717) is 0 Å². The number of hydrogen-bond acceptors (Lipinski definition) is 4. The monoisotopic (exact) mass is 184 g/mol. The van der Waals surface area contributed by atoms with E-state index in [9.17, 15) is 4.79 Å². The standard InChI is InChI=1S/C7H12N4O2/c1-4(2)6(7(12)13)11-9-3-5(8)10-11/h3-4,6H,1-2H3,(H2,8,10)(H,12,13).